The maximum Gasteiger partial charge on any atom is 0.292 e. The van der Waals surface area contributed by atoms with Gasteiger partial charge in [-0.15, -0.1) is 0 Å². The van der Waals surface area contributed by atoms with Crippen LogP contribution in [0.5, 0.6) is 0 Å². The second-order valence-electron chi connectivity index (χ2n) is 4.19. The van der Waals surface area contributed by atoms with Gasteiger partial charge in [0.05, 0.1) is 4.92 Å². The molecular weight excluding hydrogens is 225 g/mol. The molecule has 0 unspecified atom stereocenters. The Morgan fingerprint density at radius 1 is 1.59 bits per heavy atom. The number of halogens is 1. The highest BCUT2D eigenvalue weighted by Gasteiger charge is 2.23. The molecule has 0 bridgehead atoms. The minimum atomic E-state index is -0.471. The molecule has 1 aromatic carbocycles. The minimum absolute atomic E-state index is 0.0412. The van der Waals surface area contributed by atoms with E-state index in [1.807, 2.05) is 11.8 Å². The summed E-state index contributed by atoms with van der Waals surface area (Å²) in [6.45, 7) is 4.03. The summed E-state index contributed by atoms with van der Waals surface area (Å²) in [6.07, 6.45) is 0. The third-order valence-electron chi connectivity index (χ3n) is 2.84. The summed E-state index contributed by atoms with van der Waals surface area (Å²) in [6, 6.07) is 3.81. The van der Waals surface area contributed by atoms with Crippen LogP contribution in [0.25, 0.3) is 0 Å². The Hall–Kier alpha value is -1.69. The molecule has 0 radical (unpaired) electrons. The molecule has 0 aliphatic carbocycles. The van der Waals surface area contributed by atoms with Crippen LogP contribution in [0.1, 0.15) is 6.92 Å². The van der Waals surface area contributed by atoms with E-state index in [4.69, 9.17) is 0 Å². The molecule has 0 amide bonds. The van der Waals surface area contributed by atoms with E-state index in [0.717, 1.165) is 12.6 Å². The number of nitro benzene ring substituents is 1. The molecule has 2 rings (SSSR count). The van der Waals surface area contributed by atoms with Crippen LogP contribution in [-0.4, -0.2) is 30.6 Å². The van der Waals surface area contributed by atoms with Crippen molar-refractivity contribution in [2.75, 3.05) is 24.5 Å². The molecule has 1 aliphatic rings. The van der Waals surface area contributed by atoms with Crippen LogP contribution in [0.15, 0.2) is 18.2 Å². The summed E-state index contributed by atoms with van der Waals surface area (Å²) >= 11 is 0. The molecule has 92 valence electrons. The van der Waals surface area contributed by atoms with Crippen molar-refractivity contribution in [1.29, 1.82) is 0 Å². The molecule has 1 heterocycles. The summed E-state index contributed by atoms with van der Waals surface area (Å²) in [7, 11) is 0. The molecule has 1 N–H and O–H groups in total. The molecule has 0 saturated carbocycles. The van der Waals surface area contributed by atoms with Crippen LogP contribution in [0.3, 0.4) is 0 Å². The van der Waals surface area contributed by atoms with Crippen molar-refractivity contribution in [3.05, 3.63) is 34.1 Å². The van der Waals surface area contributed by atoms with Gasteiger partial charge in [0.2, 0.25) is 0 Å². The lowest BCUT2D eigenvalue weighted by Crippen LogP contribution is -2.49. The molecule has 17 heavy (non-hydrogen) atoms. The second-order valence-corrected chi connectivity index (χ2v) is 4.19. The number of anilines is 1. The first-order valence-corrected chi connectivity index (χ1v) is 5.50. The molecule has 0 spiro atoms. The van der Waals surface area contributed by atoms with Gasteiger partial charge in [-0.25, -0.2) is 4.39 Å². The number of hydrogen-bond donors (Lipinski definition) is 1. The first-order chi connectivity index (χ1) is 8.08. The van der Waals surface area contributed by atoms with Crippen molar-refractivity contribution < 1.29 is 9.31 Å². The van der Waals surface area contributed by atoms with Crippen LogP contribution in [0, 0.1) is 15.9 Å². The average Bonchev–Trinajstić information content (AvgIpc) is 2.28. The molecule has 1 atom stereocenters. The van der Waals surface area contributed by atoms with Crippen LogP contribution < -0.4 is 10.2 Å². The van der Waals surface area contributed by atoms with Gasteiger partial charge in [0.1, 0.15) is 11.5 Å². The third-order valence-corrected chi connectivity index (χ3v) is 2.84. The Kier molecular flexibility index (Phi) is 3.23. The van der Waals surface area contributed by atoms with E-state index in [0.29, 0.717) is 18.8 Å². The number of hydrogen-bond acceptors (Lipinski definition) is 4. The molecule has 1 saturated heterocycles. The SMILES string of the molecule is C[C@H]1CN(c2cc(F)ccc2[N+](=O)[O-])CCN1. The fraction of sp³-hybridized carbons (Fsp3) is 0.455. The lowest BCUT2D eigenvalue weighted by molar-refractivity contribution is -0.384. The number of piperazine rings is 1. The summed E-state index contributed by atoms with van der Waals surface area (Å²) < 4.78 is 13.2. The largest absolute Gasteiger partial charge is 0.363 e. The molecular formula is C11H14FN3O2. The molecule has 6 heteroatoms. The predicted octanol–water partition coefficient (Wildman–Crippen LogP) is 1.53. The number of nitrogens with zero attached hydrogens (tertiary/aromatic N) is 2. The smallest absolute Gasteiger partial charge is 0.292 e. The average molecular weight is 239 g/mol. The van der Waals surface area contributed by atoms with Crippen molar-refractivity contribution in [2.45, 2.75) is 13.0 Å². The number of benzene rings is 1. The number of nitrogens with one attached hydrogen (secondary N) is 1. The third kappa shape index (κ3) is 2.52. The fourth-order valence-corrected chi connectivity index (χ4v) is 2.06. The van der Waals surface area contributed by atoms with Gasteiger partial charge >= 0.3 is 0 Å². The van der Waals surface area contributed by atoms with Crippen LogP contribution >= 0.6 is 0 Å². The first-order valence-electron chi connectivity index (χ1n) is 5.50. The summed E-state index contributed by atoms with van der Waals surface area (Å²) in [5.41, 5.74) is 0.323. The van der Waals surface area contributed by atoms with Gasteiger partial charge in [0.25, 0.3) is 5.69 Å². The summed E-state index contributed by atoms with van der Waals surface area (Å²) in [4.78, 5) is 12.3. The second kappa shape index (κ2) is 4.67. The van der Waals surface area contributed by atoms with Gasteiger partial charge in [0, 0.05) is 37.8 Å². The summed E-state index contributed by atoms with van der Waals surface area (Å²) in [5, 5.41) is 14.1. The first kappa shape index (κ1) is 11.8. The van der Waals surface area contributed by atoms with E-state index in [2.05, 4.69) is 5.32 Å². The van der Waals surface area contributed by atoms with Crippen LogP contribution in [-0.2, 0) is 0 Å². The molecule has 0 aromatic heterocycles. The van der Waals surface area contributed by atoms with E-state index in [9.17, 15) is 14.5 Å². The van der Waals surface area contributed by atoms with Crippen LogP contribution in [0.4, 0.5) is 15.8 Å². The van der Waals surface area contributed by atoms with E-state index in [1.165, 1.54) is 12.1 Å². The van der Waals surface area contributed by atoms with Gasteiger partial charge in [-0.3, -0.25) is 10.1 Å². The van der Waals surface area contributed by atoms with Crippen molar-refractivity contribution >= 4 is 11.4 Å². The van der Waals surface area contributed by atoms with Crippen molar-refractivity contribution in [3.63, 3.8) is 0 Å². The zero-order chi connectivity index (χ0) is 12.4. The Morgan fingerprint density at radius 3 is 3.00 bits per heavy atom. The Labute approximate surface area is 98.4 Å². The zero-order valence-electron chi connectivity index (χ0n) is 9.52. The van der Waals surface area contributed by atoms with Crippen molar-refractivity contribution in [1.82, 2.24) is 5.32 Å². The van der Waals surface area contributed by atoms with Crippen molar-refractivity contribution in [2.24, 2.45) is 0 Å². The fourth-order valence-electron chi connectivity index (χ4n) is 2.06. The molecule has 5 nitrogen and oxygen atoms in total. The standard InChI is InChI=1S/C11H14FN3O2/c1-8-7-14(5-4-13-8)11-6-9(12)2-3-10(11)15(16)17/h2-3,6,8,13H,4-5,7H2,1H3/t8-/m0/s1. The van der Waals surface area contributed by atoms with Gasteiger partial charge in [-0.1, -0.05) is 0 Å². The number of rotatable bonds is 2. The highest BCUT2D eigenvalue weighted by molar-refractivity contribution is 5.63. The van der Waals surface area contributed by atoms with Crippen molar-refractivity contribution in [3.8, 4) is 0 Å². The maximum absolute atomic E-state index is 13.2. The predicted molar refractivity (Wildman–Crippen MR) is 62.7 cm³/mol. The van der Waals surface area contributed by atoms with E-state index in [-0.39, 0.29) is 11.7 Å². The Morgan fingerprint density at radius 2 is 2.35 bits per heavy atom. The minimum Gasteiger partial charge on any atom is -0.363 e. The van der Waals surface area contributed by atoms with E-state index < -0.39 is 10.7 Å². The monoisotopic (exact) mass is 239 g/mol. The molecule has 1 aromatic rings. The van der Waals surface area contributed by atoms with E-state index in [1.54, 1.807) is 0 Å². The highest BCUT2D eigenvalue weighted by Crippen LogP contribution is 2.29. The topological polar surface area (TPSA) is 58.4 Å². The number of nitro groups is 1. The Bertz CT molecular complexity index is 439. The van der Waals surface area contributed by atoms with Gasteiger partial charge in [0.15, 0.2) is 0 Å². The molecule has 1 aliphatic heterocycles. The lowest BCUT2D eigenvalue weighted by atomic mass is 10.2. The lowest BCUT2D eigenvalue weighted by Gasteiger charge is -2.33. The normalized spacial score (nSPS) is 20.4. The van der Waals surface area contributed by atoms with Gasteiger partial charge < -0.3 is 10.2 Å². The zero-order valence-corrected chi connectivity index (χ0v) is 9.52. The van der Waals surface area contributed by atoms with Gasteiger partial charge in [-0.2, -0.15) is 0 Å². The summed E-state index contributed by atoms with van der Waals surface area (Å²) in [5.74, 6) is -0.447. The van der Waals surface area contributed by atoms with E-state index >= 15 is 0 Å². The quantitative estimate of drug-likeness (QED) is 0.628. The Balaban J connectivity index is 2.35. The highest BCUT2D eigenvalue weighted by atomic mass is 19.1. The van der Waals surface area contributed by atoms with Crippen LogP contribution in [0.2, 0.25) is 0 Å². The van der Waals surface area contributed by atoms with Gasteiger partial charge in [-0.05, 0) is 13.0 Å². The maximum atomic E-state index is 13.2. The molecule has 1 fully saturated rings.